The molecule has 180 valence electrons. The van der Waals surface area contributed by atoms with Crippen molar-refractivity contribution in [1.29, 1.82) is 0 Å². The lowest BCUT2D eigenvalue weighted by Crippen LogP contribution is -2.31. The number of aryl methyl sites for hydroxylation is 2. The van der Waals surface area contributed by atoms with Crippen LogP contribution in [0.2, 0.25) is 0 Å². The van der Waals surface area contributed by atoms with E-state index in [2.05, 4.69) is 25.4 Å². The fourth-order valence-corrected chi connectivity index (χ4v) is 4.62. The number of aromatic amines is 1. The summed E-state index contributed by atoms with van der Waals surface area (Å²) in [5.41, 5.74) is 2.98. The summed E-state index contributed by atoms with van der Waals surface area (Å²) in [6.07, 6.45) is 5.02. The molecule has 0 aliphatic heterocycles. The maximum atomic E-state index is 12.5. The number of imidazole rings is 1. The average Bonchev–Trinajstić information content (AvgIpc) is 3.60. The SMILES string of the molecule is Cc1noc(C)c1-c1cc(C(O)(c2ccccn2)c2ccccn2)c2nc(NC(=O)C3CC3)[nH]c2c1. The van der Waals surface area contributed by atoms with Crippen molar-refractivity contribution >= 4 is 22.9 Å². The number of carbonyl (C=O) groups excluding carboxylic acids is 1. The number of fused-ring (bicyclic) bond motifs is 1. The highest BCUT2D eigenvalue weighted by Crippen LogP contribution is 2.41. The molecule has 0 atom stereocenters. The van der Waals surface area contributed by atoms with E-state index >= 15 is 0 Å². The molecule has 0 unspecified atom stereocenters. The zero-order valence-electron chi connectivity index (χ0n) is 19.8. The monoisotopic (exact) mass is 480 g/mol. The Bertz CT molecular complexity index is 1510. The second-order valence-electron chi connectivity index (χ2n) is 9.11. The van der Waals surface area contributed by atoms with E-state index < -0.39 is 5.60 Å². The number of carbonyl (C=O) groups is 1. The van der Waals surface area contributed by atoms with Gasteiger partial charge in [0.1, 0.15) is 5.76 Å². The van der Waals surface area contributed by atoms with Crippen molar-refractivity contribution in [3.05, 3.63) is 89.3 Å². The summed E-state index contributed by atoms with van der Waals surface area (Å²) in [6, 6.07) is 14.5. The first kappa shape index (κ1) is 22.1. The predicted octanol–water partition coefficient (Wildman–Crippen LogP) is 4.26. The van der Waals surface area contributed by atoms with Crippen LogP contribution < -0.4 is 5.32 Å². The average molecular weight is 481 g/mol. The molecule has 6 rings (SSSR count). The Kier molecular flexibility index (Phi) is 5.15. The van der Waals surface area contributed by atoms with Gasteiger partial charge in [0.25, 0.3) is 0 Å². The zero-order valence-corrected chi connectivity index (χ0v) is 19.8. The van der Waals surface area contributed by atoms with Gasteiger partial charge in [0, 0.05) is 29.4 Å². The first-order valence-corrected chi connectivity index (χ1v) is 11.8. The van der Waals surface area contributed by atoms with Crippen molar-refractivity contribution in [3.8, 4) is 11.1 Å². The van der Waals surface area contributed by atoms with Crippen LogP contribution in [-0.4, -0.2) is 36.1 Å². The molecule has 1 amide bonds. The summed E-state index contributed by atoms with van der Waals surface area (Å²) in [4.78, 5) is 29.4. The molecule has 5 aromatic rings. The van der Waals surface area contributed by atoms with E-state index in [0.717, 1.165) is 29.7 Å². The Morgan fingerprint density at radius 3 is 2.33 bits per heavy atom. The zero-order chi connectivity index (χ0) is 24.9. The predicted molar refractivity (Wildman–Crippen MR) is 133 cm³/mol. The molecular weight excluding hydrogens is 456 g/mol. The first-order chi connectivity index (χ1) is 17.4. The lowest BCUT2D eigenvalue weighted by Gasteiger charge is -2.28. The molecule has 1 saturated carbocycles. The third kappa shape index (κ3) is 3.64. The molecule has 9 nitrogen and oxygen atoms in total. The minimum Gasteiger partial charge on any atom is -0.373 e. The second-order valence-corrected chi connectivity index (χ2v) is 9.11. The summed E-state index contributed by atoms with van der Waals surface area (Å²) in [7, 11) is 0. The number of H-pyrrole nitrogens is 1. The second kappa shape index (κ2) is 8.39. The highest BCUT2D eigenvalue weighted by atomic mass is 16.5. The van der Waals surface area contributed by atoms with Crippen LogP contribution in [0.3, 0.4) is 0 Å². The standard InChI is InChI=1S/C27H24N6O3/c1-15-23(16(2)36-33-15)18-13-19(24-20(14-18)30-26(31-24)32-25(34)17-9-10-17)27(35,21-7-3-5-11-28-21)22-8-4-6-12-29-22/h3-8,11-14,17,35H,9-10H2,1-2H3,(H2,30,31,32,34). The Labute approximate surface area is 206 Å². The van der Waals surface area contributed by atoms with Gasteiger partial charge in [-0.05, 0) is 68.7 Å². The summed E-state index contributed by atoms with van der Waals surface area (Å²) >= 11 is 0. The maximum absolute atomic E-state index is 12.5. The van der Waals surface area contributed by atoms with Gasteiger partial charge >= 0.3 is 0 Å². The van der Waals surface area contributed by atoms with E-state index in [9.17, 15) is 9.90 Å². The van der Waals surface area contributed by atoms with Crippen molar-refractivity contribution < 1.29 is 14.4 Å². The lowest BCUT2D eigenvalue weighted by atomic mass is 9.83. The van der Waals surface area contributed by atoms with Crippen LogP contribution in [0.15, 0.2) is 65.4 Å². The number of hydrogen-bond acceptors (Lipinski definition) is 7. The van der Waals surface area contributed by atoms with Gasteiger partial charge in [-0.2, -0.15) is 0 Å². The van der Waals surface area contributed by atoms with E-state index in [1.165, 1.54) is 0 Å². The van der Waals surface area contributed by atoms with Crippen LogP contribution in [0.4, 0.5) is 5.95 Å². The number of hydrogen-bond donors (Lipinski definition) is 3. The van der Waals surface area contributed by atoms with Crippen LogP contribution in [0.5, 0.6) is 0 Å². The lowest BCUT2D eigenvalue weighted by molar-refractivity contribution is -0.117. The molecule has 0 saturated heterocycles. The van der Waals surface area contributed by atoms with Gasteiger partial charge in [-0.3, -0.25) is 20.1 Å². The van der Waals surface area contributed by atoms with E-state index in [-0.39, 0.29) is 11.8 Å². The first-order valence-electron chi connectivity index (χ1n) is 11.8. The third-order valence-corrected chi connectivity index (χ3v) is 6.56. The number of aliphatic hydroxyl groups is 1. The van der Waals surface area contributed by atoms with Crippen molar-refractivity contribution in [2.45, 2.75) is 32.3 Å². The normalized spacial score (nSPS) is 13.8. The molecule has 1 aliphatic rings. The fraction of sp³-hybridized carbons (Fsp3) is 0.222. The molecule has 0 bridgehead atoms. The Hall–Kier alpha value is -4.37. The van der Waals surface area contributed by atoms with Crippen LogP contribution in [0, 0.1) is 19.8 Å². The molecule has 1 fully saturated rings. The number of nitrogens with zero attached hydrogens (tertiary/aromatic N) is 4. The van der Waals surface area contributed by atoms with E-state index in [1.54, 1.807) is 36.7 Å². The molecule has 0 spiro atoms. The molecule has 4 heterocycles. The Morgan fingerprint density at radius 2 is 1.78 bits per heavy atom. The van der Waals surface area contributed by atoms with Crippen molar-refractivity contribution in [2.24, 2.45) is 5.92 Å². The minimum absolute atomic E-state index is 0.0227. The fourth-order valence-electron chi connectivity index (χ4n) is 4.62. The minimum atomic E-state index is -1.73. The quantitative estimate of drug-likeness (QED) is 0.331. The number of nitrogens with one attached hydrogen (secondary N) is 2. The number of aromatic nitrogens is 5. The topological polar surface area (TPSA) is 130 Å². The Balaban J connectivity index is 1.64. The summed E-state index contributed by atoms with van der Waals surface area (Å²) in [5, 5.41) is 19.5. The summed E-state index contributed by atoms with van der Waals surface area (Å²) in [6.45, 7) is 3.71. The number of rotatable bonds is 6. The number of benzene rings is 1. The van der Waals surface area contributed by atoms with Crippen molar-refractivity contribution in [2.75, 3.05) is 5.32 Å². The molecule has 4 aromatic heterocycles. The number of pyridine rings is 2. The van der Waals surface area contributed by atoms with E-state index in [0.29, 0.717) is 39.7 Å². The number of amides is 1. The highest BCUT2D eigenvalue weighted by molar-refractivity contribution is 5.95. The molecule has 1 aliphatic carbocycles. The largest absolute Gasteiger partial charge is 0.373 e. The smallest absolute Gasteiger partial charge is 0.229 e. The molecule has 3 N–H and O–H groups in total. The van der Waals surface area contributed by atoms with Gasteiger partial charge in [-0.25, -0.2) is 4.98 Å². The molecule has 1 aromatic carbocycles. The molecule has 9 heteroatoms. The highest BCUT2D eigenvalue weighted by Gasteiger charge is 2.40. The van der Waals surface area contributed by atoms with Crippen LogP contribution >= 0.6 is 0 Å². The third-order valence-electron chi connectivity index (χ3n) is 6.56. The van der Waals surface area contributed by atoms with Gasteiger partial charge in [-0.1, -0.05) is 17.3 Å². The van der Waals surface area contributed by atoms with Gasteiger partial charge in [0.05, 0.1) is 28.1 Å². The number of anilines is 1. The van der Waals surface area contributed by atoms with E-state index in [4.69, 9.17) is 9.51 Å². The van der Waals surface area contributed by atoms with Gasteiger partial charge in [-0.15, -0.1) is 0 Å². The van der Waals surface area contributed by atoms with Crippen LogP contribution in [-0.2, 0) is 10.4 Å². The van der Waals surface area contributed by atoms with Crippen LogP contribution in [0.25, 0.3) is 22.2 Å². The van der Waals surface area contributed by atoms with Crippen LogP contribution in [0.1, 0.15) is 41.2 Å². The summed E-state index contributed by atoms with van der Waals surface area (Å²) < 4.78 is 5.43. The van der Waals surface area contributed by atoms with E-state index in [1.807, 2.05) is 38.1 Å². The molecular formula is C27H24N6O3. The molecule has 36 heavy (non-hydrogen) atoms. The summed E-state index contributed by atoms with van der Waals surface area (Å²) in [5.74, 6) is 0.933. The van der Waals surface area contributed by atoms with Crippen molar-refractivity contribution in [1.82, 2.24) is 25.1 Å². The van der Waals surface area contributed by atoms with Gasteiger partial charge < -0.3 is 14.6 Å². The van der Waals surface area contributed by atoms with Crippen molar-refractivity contribution in [3.63, 3.8) is 0 Å². The van der Waals surface area contributed by atoms with Gasteiger partial charge in [0.2, 0.25) is 11.9 Å². The van der Waals surface area contributed by atoms with Gasteiger partial charge in [0.15, 0.2) is 5.60 Å². The maximum Gasteiger partial charge on any atom is 0.229 e. The molecule has 0 radical (unpaired) electrons. The Morgan fingerprint density at radius 1 is 1.08 bits per heavy atom.